The van der Waals surface area contributed by atoms with Gasteiger partial charge in [-0.3, -0.25) is 0 Å². The Balaban J connectivity index is 1.48. The second kappa shape index (κ2) is 8.84. The van der Waals surface area contributed by atoms with Crippen molar-refractivity contribution in [2.45, 2.75) is 83.5 Å². The van der Waals surface area contributed by atoms with E-state index in [4.69, 9.17) is 5.26 Å². The molecule has 3 rings (SSSR count). The van der Waals surface area contributed by atoms with E-state index < -0.39 is 0 Å². The fraction of sp³-hybridized carbons (Fsp3) is 0.696. The normalized spacial score (nSPS) is 30.0. The van der Waals surface area contributed by atoms with Crippen molar-refractivity contribution < 1.29 is 4.39 Å². The van der Waals surface area contributed by atoms with Crippen molar-refractivity contribution in [2.75, 3.05) is 0 Å². The lowest BCUT2D eigenvalue weighted by molar-refractivity contribution is 0.156. The number of nitriles is 1. The van der Waals surface area contributed by atoms with Gasteiger partial charge in [0, 0.05) is 0 Å². The Bertz CT molecular complexity index is 587. The Hall–Kier alpha value is -1.36. The number of rotatable bonds is 5. The molecule has 0 radical (unpaired) electrons. The van der Waals surface area contributed by atoms with E-state index in [-0.39, 0.29) is 11.4 Å². The maximum atomic E-state index is 13.9. The van der Waals surface area contributed by atoms with Gasteiger partial charge >= 0.3 is 0 Å². The molecule has 1 nitrogen and oxygen atoms in total. The van der Waals surface area contributed by atoms with Gasteiger partial charge in [0.2, 0.25) is 0 Å². The topological polar surface area (TPSA) is 23.8 Å². The SMILES string of the molecule is CCCC[C@H]1CC[C@H](C2CCC(c3ccc(C#N)c(F)c3)CC2)CC1. The molecular formula is C23H32FN. The smallest absolute Gasteiger partial charge is 0.141 e. The van der Waals surface area contributed by atoms with Crippen LogP contribution in [0.5, 0.6) is 0 Å². The molecule has 0 saturated heterocycles. The standard InChI is InChI=1S/C23H32FN/c1-2-3-4-17-5-7-18(8-6-17)19-9-11-20(12-10-19)21-13-14-22(16-25)23(24)15-21/h13-15,17-20H,2-12H2,1H3/t17-,18-,19?,20?. The highest BCUT2D eigenvalue weighted by Gasteiger charge is 2.31. The Kier molecular flexibility index (Phi) is 6.51. The average Bonchev–Trinajstić information content (AvgIpc) is 2.67. The van der Waals surface area contributed by atoms with Gasteiger partial charge in [0.1, 0.15) is 11.9 Å². The predicted molar refractivity (Wildman–Crippen MR) is 101 cm³/mol. The van der Waals surface area contributed by atoms with Gasteiger partial charge in [0.15, 0.2) is 0 Å². The van der Waals surface area contributed by atoms with E-state index in [2.05, 4.69) is 6.92 Å². The molecule has 0 heterocycles. The Morgan fingerprint density at radius 3 is 2.20 bits per heavy atom. The molecule has 2 saturated carbocycles. The van der Waals surface area contributed by atoms with Crippen LogP contribution in [-0.4, -0.2) is 0 Å². The van der Waals surface area contributed by atoms with Gasteiger partial charge in [-0.25, -0.2) is 4.39 Å². The van der Waals surface area contributed by atoms with Gasteiger partial charge in [-0.15, -0.1) is 0 Å². The number of hydrogen-bond acceptors (Lipinski definition) is 1. The van der Waals surface area contributed by atoms with Gasteiger partial charge in [-0.05, 0) is 79.9 Å². The summed E-state index contributed by atoms with van der Waals surface area (Å²) in [5, 5.41) is 8.87. The van der Waals surface area contributed by atoms with Crippen molar-refractivity contribution in [3.05, 3.63) is 35.1 Å². The van der Waals surface area contributed by atoms with Crippen LogP contribution >= 0.6 is 0 Å². The largest absolute Gasteiger partial charge is 0.206 e. The molecule has 0 amide bonds. The molecular weight excluding hydrogens is 309 g/mol. The van der Waals surface area contributed by atoms with Crippen LogP contribution in [0.4, 0.5) is 4.39 Å². The van der Waals surface area contributed by atoms with E-state index in [9.17, 15) is 4.39 Å². The summed E-state index contributed by atoms with van der Waals surface area (Å²) < 4.78 is 13.9. The molecule has 0 unspecified atom stereocenters. The van der Waals surface area contributed by atoms with Crippen molar-refractivity contribution in [1.29, 1.82) is 5.26 Å². The lowest BCUT2D eigenvalue weighted by atomic mass is 9.68. The summed E-state index contributed by atoms with van der Waals surface area (Å²) in [7, 11) is 0. The summed E-state index contributed by atoms with van der Waals surface area (Å²) >= 11 is 0. The van der Waals surface area contributed by atoms with E-state index in [0.717, 1.165) is 23.3 Å². The fourth-order valence-corrected chi connectivity index (χ4v) is 5.24. The Morgan fingerprint density at radius 2 is 1.64 bits per heavy atom. The third-order valence-corrected chi connectivity index (χ3v) is 6.88. The molecule has 2 aliphatic carbocycles. The summed E-state index contributed by atoms with van der Waals surface area (Å²) in [5.41, 5.74) is 1.26. The molecule has 0 aromatic heterocycles. The number of benzene rings is 1. The van der Waals surface area contributed by atoms with Gasteiger partial charge < -0.3 is 0 Å². The highest BCUT2D eigenvalue weighted by Crippen LogP contribution is 2.44. The second-order valence-corrected chi connectivity index (χ2v) is 8.39. The molecule has 136 valence electrons. The van der Waals surface area contributed by atoms with Gasteiger partial charge in [0.05, 0.1) is 5.56 Å². The molecule has 2 heteroatoms. The number of hydrogen-bond donors (Lipinski definition) is 0. The minimum atomic E-state index is -0.354. The predicted octanol–water partition coefficient (Wildman–Crippen LogP) is 6.97. The molecule has 2 fully saturated rings. The van der Waals surface area contributed by atoms with Crippen LogP contribution in [0, 0.1) is 34.9 Å². The van der Waals surface area contributed by atoms with E-state index >= 15 is 0 Å². The molecule has 25 heavy (non-hydrogen) atoms. The van der Waals surface area contributed by atoms with Crippen molar-refractivity contribution in [1.82, 2.24) is 0 Å². The highest BCUT2D eigenvalue weighted by molar-refractivity contribution is 5.34. The van der Waals surface area contributed by atoms with Crippen molar-refractivity contribution in [3.8, 4) is 6.07 Å². The minimum Gasteiger partial charge on any atom is -0.206 e. The third-order valence-electron chi connectivity index (χ3n) is 6.88. The second-order valence-electron chi connectivity index (χ2n) is 8.39. The monoisotopic (exact) mass is 341 g/mol. The molecule has 2 aliphatic rings. The molecule has 0 N–H and O–H groups in total. The van der Waals surface area contributed by atoms with E-state index in [0.29, 0.717) is 5.92 Å². The lowest BCUT2D eigenvalue weighted by Crippen LogP contribution is -2.25. The number of unbranched alkanes of at least 4 members (excludes halogenated alkanes) is 1. The molecule has 0 bridgehead atoms. The van der Waals surface area contributed by atoms with Crippen LogP contribution in [0.3, 0.4) is 0 Å². The Labute approximate surface area is 152 Å². The minimum absolute atomic E-state index is 0.164. The zero-order valence-electron chi connectivity index (χ0n) is 15.6. The molecule has 0 atom stereocenters. The van der Waals surface area contributed by atoms with Crippen LogP contribution in [-0.2, 0) is 0 Å². The van der Waals surface area contributed by atoms with Gasteiger partial charge in [0.25, 0.3) is 0 Å². The van der Waals surface area contributed by atoms with Crippen molar-refractivity contribution in [2.24, 2.45) is 17.8 Å². The van der Waals surface area contributed by atoms with E-state index in [1.807, 2.05) is 12.1 Å². The summed E-state index contributed by atoms with van der Waals surface area (Å²) in [5.74, 6) is 2.96. The molecule has 0 aliphatic heterocycles. The first-order chi connectivity index (χ1) is 12.2. The maximum absolute atomic E-state index is 13.9. The molecule has 0 spiro atoms. The summed E-state index contributed by atoms with van der Waals surface area (Å²) in [6.07, 6.45) is 14.9. The first-order valence-electron chi connectivity index (χ1n) is 10.4. The quantitative estimate of drug-likeness (QED) is 0.567. The highest BCUT2D eigenvalue weighted by atomic mass is 19.1. The maximum Gasteiger partial charge on any atom is 0.141 e. The molecule has 1 aromatic carbocycles. The summed E-state index contributed by atoms with van der Waals surface area (Å²) in [6.45, 7) is 2.30. The van der Waals surface area contributed by atoms with Crippen LogP contribution in [0.1, 0.15) is 94.6 Å². The number of halogens is 1. The first kappa shape index (κ1) is 18.4. The van der Waals surface area contributed by atoms with Crippen LogP contribution in [0.25, 0.3) is 0 Å². The third kappa shape index (κ3) is 4.63. The number of nitrogens with zero attached hydrogens (tertiary/aromatic N) is 1. The van der Waals surface area contributed by atoms with Crippen LogP contribution in [0.15, 0.2) is 18.2 Å². The summed E-state index contributed by atoms with van der Waals surface area (Å²) in [6, 6.07) is 7.13. The Morgan fingerprint density at radius 1 is 1.00 bits per heavy atom. The van der Waals surface area contributed by atoms with Crippen LogP contribution < -0.4 is 0 Å². The van der Waals surface area contributed by atoms with Gasteiger partial charge in [-0.2, -0.15) is 5.26 Å². The zero-order valence-corrected chi connectivity index (χ0v) is 15.6. The zero-order chi connectivity index (χ0) is 17.6. The lowest BCUT2D eigenvalue weighted by Gasteiger charge is -2.38. The molecule has 1 aromatic rings. The van der Waals surface area contributed by atoms with Gasteiger partial charge in [-0.1, -0.05) is 45.1 Å². The van der Waals surface area contributed by atoms with E-state index in [1.54, 1.807) is 12.1 Å². The average molecular weight is 342 g/mol. The van der Waals surface area contributed by atoms with Crippen LogP contribution in [0.2, 0.25) is 0 Å². The summed E-state index contributed by atoms with van der Waals surface area (Å²) in [4.78, 5) is 0. The fourth-order valence-electron chi connectivity index (χ4n) is 5.24. The van der Waals surface area contributed by atoms with Crippen molar-refractivity contribution in [3.63, 3.8) is 0 Å². The van der Waals surface area contributed by atoms with E-state index in [1.165, 1.54) is 70.6 Å². The first-order valence-corrected chi connectivity index (χ1v) is 10.4. The van der Waals surface area contributed by atoms with Crippen molar-refractivity contribution >= 4 is 0 Å².